The number of nitrogens with zero attached hydrogens (tertiary/aromatic N) is 5. The number of hydrogen-bond acceptors (Lipinski definition) is 26. The largest absolute Gasteiger partial charge is 0.481 e. The number of benzene rings is 1. The number of imidazole rings is 3. The molecule has 31 N–H and O–H groups in total. The number of aliphatic hydroxyl groups excluding tert-OH is 1. The molecule has 0 spiro atoms. The normalized spacial score (nSPS) is 16.7. The van der Waals surface area contributed by atoms with Gasteiger partial charge in [-0.3, -0.25) is 86.9 Å². The van der Waals surface area contributed by atoms with Crippen LogP contribution >= 0.6 is 0 Å². The lowest BCUT2D eigenvalue weighted by Gasteiger charge is -2.33. The number of nitrogens with two attached hydrogens (primary N) is 5. The van der Waals surface area contributed by atoms with Crippen molar-refractivity contribution >= 4 is 112 Å². The molecule has 2 aliphatic rings. The van der Waals surface area contributed by atoms with Crippen LogP contribution in [0.1, 0.15) is 179 Å². The lowest BCUT2D eigenvalue weighted by Crippen LogP contribution is -2.62. The van der Waals surface area contributed by atoms with E-state index < -0.39 is 254 Å². The summed E-state index contributed by atoms with van der Waals surface area (Å²) in [5.74, 6) is -20.3. The molecule has 2 saturated heterocycles. The Morgan fingerprint density at radius 1 is 0.448 bits per heavy atom. The molecule has 1 aromatic carbocycles. The molecule has 0 radical (unpaired) electrons. The Hall–Kier alpha value is -13.6. The predicted molar refractivity (Wildman–Crippen MR) is 478 cm³/mol. The number of carbonyl (C=O) groups is 18. The third kappa shape index (κ3) is 36.5. The Balaban J connectivity index is 1.20. The highest BCUT2D eigenvalue weighted by atomic mass is 16.4. The maximum Gasteiger partial charge on any atom is 0.326 e. The van der Waals surface area contributed by atoms with E-state index in [1.807, 2.05) is 0 Å². The smallest absolute Gasteiger partial charge is 0.326 e. The van der Waals surface area contributed by atoms with E-state index in [0.29, 0.717) is 56.3 Å². The first-order valence-electron chi connectivity index (χ1n) is 44.8. The molecule has 49 heteroatoms. The summed E-state index contributed by atoms with van der Waals surface area (Å²) in [6, 6.07) is -15.0. The molecule has 0 saturated carbocycles. The van der Waals surface area contributed by atoms with Gasteiger partial charge in [-0.15, -0.1) is 0 Å². The summed E-state index contributed by atoms with van der Waals surface area (Å²) in [6.07, 6.45) is 3.43. The van der Waals surface area contributed by atoms with E-state index in [9.17, 15) is 102 Å². The molecule has 2 aliphatic heterocycles. The zero-order chi connectivity index (χ0) is 98.8. The van der Waals surface area contributed by atoms with Crippen LogP contribution in [0.25, 0.3) is 0 Å². The second-order valence-electron chi connectivity index (χ2n) is 33.9. The van der Waals surface area contributed by atoms with Crippen molar-refractivity contribution in [2.45, 2.75) is 279 Å². The fourth-order valence-electron chi connectivity index (χ4n) is 15.2. The van der Waals surface area contributed by atoms with Crippen LogP contribution in [0.2, 0.25) is 0 Å². The lowest BCUT2D eigenvalue weighted by atomic mass is 10.00. The number of nitrogens with one attached hydrogen (secondary N) is 17. The van der Waals surface area contributed by atoms with Crippen LogP contribution in [0.15, 0.2) is 67.9 Å². The summed E-state index contributed by atoms with van der Waals surface area (Å²) in [7, 11) is 0. The number of carboxylic acid groups (broad SMARTS) is 3. The maximum atomic E-state index is 15.0. The predicted octanol–water partition coefficient (Wildman–Crippen LogP) is -6.06. The first kappa shape index (κ1) is 109. The van der Waals surface area contributed by atoms with Crippen molar-refractivity contribution in [2.24, 2.45) is 40.5 Å². The zero-order valence-corrected chi connectivity index (χ0v) is 75.8. The molecule has 0 bridgehead atoms. The van der Waals surface area contributed by atoms with Crippen molar-refractivity contribution in [3.8, 4) is 0 Å². The van der Waals surface area contributed by atoms with Gasteiger partial charge in [-0.05, 0) is 140 Å². The number of H-pyrrole nitrogens is 3. The Morgan fingerprint density at radius 2 is 0.836 bits per heavy atom. The van der Waals surface area contributed by atoms with E-state index in [1.54, 1.807) is 58.0 Å². The number of carboxylic acids is 3. The SMILES string of the molecule is CC(C)C[C@H](NC(=O)[C@H](CCC(N)=O)NC(=O)[C@H](Cc1ccccc1)NC(=O)[C@H](Cc1c[nH]cn1)NC(=O)[C@H](CCC(=O)O)NC(=O)[C@H](CCC(=O)O)NC(=O)[C@H](CCCCN)NC(=O)[C@@H](NC(=O)[C@@H](NC(=O)[C@H](CCCCN)NC(=O)[C@@H]1CCCN1C(=O)[C@@H]1CCCN1C(=O)[C@@H](N)CCCNC(=N)N)C(C)C)[C@@H](C)O)C(=O)N[C@@H](Cc1c[nH]cn1)C(=O)N[C@@H](Cc1c[nH]cn1)C(=O)O. The van der Waals surface area contributed by atoms with E-state index in [4.69, 9.17) is 34.1 Å². The van der Waals surface area contributed by atoms with Gasteiger partial charge in [-0.2, -0.15) is 0 Å². The summed E-state index contributed by atoms with van der Waals surface area (Å²) < 4.78 is 0. The van der Waals surface area contributed by atoms with Crippen molar-refractivity contribution in [3.05, 3.63) is 90.5 Å². The topological polar surface area (TPSA) is 791 Å². The fraction of sp³-hybridized carbons (Fsp3) is 0.600. The average molecular weight is 1880 g/mol. The maximum absolute atomic E-state index is 15.0. The Labute approximate surface area is 773 Å². The summed E-state index contributed by atoms with van der Waals surface area (Å²) in [4.78, 5) is 276. The van der Waals surface area contributed by atoms with Gasteiger partial charge in [0.15, 0.2) is 5.96 Å². The molecular formula is C85H131N27O22. The quantitative estimate of drug-likeness (QED) is 0.0111. The van der Waals surface area contributed by atoms with Gasteiger partial charge >= 0.3 is 17.9 Å². The monoisotopic (exact) mass is 1880 g/mol. The summed E-state index contributed by atoms with van der Waals surface area (Å²) in [5, 5.41) is 81.6. The molecule has 134 heavy (non-hydrogen) atoms. The van der Waals surface area contributed by atoms with Crippen molar-refractivity contribution in [1.29, 1.82) is 5.41 Å². The van der Waals surface area contributed by atoms with E-state index in [0.717, 1.165) is 6.92 Å². The first-order valence-corrected chi connectivity index (χ1v) is 44.8. The minimum Gasteiger partial charge on any atom is -0.481 e. The number of rotatable bonds is 60. The van der Waals surface area contributed by atoms with Crippen LogP contribution in [0.3, 0.4) is 0 Å². The van der Waals surface area contributed by atoms with Crippen LogP contribution in [-0.4, -0.2) is 302 Å². The number of aliphatic hydroxyl groups is 1. The third-order valence-electron chi connectivity index (χ3n) is 22.4. The van der Waals surface area contributed by atoms with Crippen LogP contribution in [-0.2, 0) is 112 Å². The number of amides is 15. The van der Waals surface area contributed by atoms with Crippen LogP contribution in [0, 0.1) is 17.2 Å². The number of hydrogen-bond donors (Lipinski definition) is 26. The van der Waals surface area contributed by atoms with Gasteiger partial charge in [0.05, 0.1) is 48.2 Å². The molecule has 49 nitrogen and oxygen atoms in total. The molecule has 0 unspecified atom stereocenters. The number of carbonyl (C=O) groups excluding carboxylic acids is 15. The fourth-order valence-corrected chi connectivity index (χ4v) is 15.2. The van der Waals surface area contributed by atoms with Gasteiger partial charge in [0.2, 0.25) is 88.6 Å². The summed E-state index contributed by atoms with van der Waals surface area (Å²) >= 11 is 0. The number of aliphatic carboxylic acids is 3. The number of likely N-dealkylation sites (tertiary alicyclic amines) is 2. The van der Waals surface area contributed by atoms with E-state index in [2.05, 4.69) is 99.0 Å². The molecule has 0 aliphatic carbocycles. The summed E-state index contributed by atoms with van der Waals surface area (Å²) in [6.45, 7) is 8.62. The molecule has 15 amide bonds. The first-order chi connectivity index (χ1) is 63.7. The second kappa shape index (κ2) is 55.7. The van der Waals surface area contributed by atoms with Gasteiger partial charge in [-0.1, -0.05) is 58.0 Å². The third-order valence-corrected chi connectivity index (χ3v) is 22.4. The molecular weight excluding hydrogens is 1750 g/mol. The molecule has 5 heterocycles. The zero-order valence-electron chi connectivity index (χ0n) is 75.8. The second-order valence-corrected chi connectivity index (χ2v) is 33.9. The van der Waals surface area contributed by atoms with Gasteiger partial charge in [0.25, 0.3) is 0 Å². The van der Waals surface area contributed by atoms with Gasteiger partial charge in [0.1, 0.15) is 84.6 Å². The number of primary amides is 1. The Kier molecular flexibility index (Phi) is 45.4. The highest BCUT2D eigenvalue weighted by Gasteiger charge is 2.45. The van der Waals surface area contributed by atoms with Crippen LogP contribution < -0.4 is 97.8 Å². The number of guanidine groups is 1. The van der Waals surface area contributed by atoms with Crippen molar-refractivity contribution in [3.63, 3.8) is 0 Å². The number of aromatic amines is 3. The Morgan fingerprint density at radius 3 is 1.27 bits per heavy atom. The van der Waals surface area contributed by atoms with Gasteiger partial charge in [-0.25, -0.2) is 19.7 Å². The highest BCUT2D eigenvalue weighted by Crippen LogP contribution is 2.27. The summed E-state index contributed by atoms with van der Waals surface area (Å²) in [5.41, 5.74) is 30.0. The highest BCUT2D eigenvalue weighted by molar-refractivity contribution is 6.01. The van der Waals surface area contributed by atoms with Crippen LogP contribution in [0.5, 0.6) is 0 Å². The number of unbranched alkanes of at least 4 members (excludes halogenated alkanes) is 2. The van der Waals surface area contributed by atoms with Crippen LogP contribution in [0.4, 0.5) is 0 Å². The van der Waals surface area contributed by atoms with Crippen molar-refractivity contribution < 1.29 is 107 Å². The van der Waals surface area contributed by atoms with Crippen molar-refractivity contribution in [2.75, 3.05) is 32.7 Å². The molecule has 3 aromatic heterocycles. The standard InChI is InChI=1S/C85H131N27O22/c1-45(2)34-58(75(124)107-61(37-50-40-93-43-97-50)78(127)108-62(84(133)134)38-51-41-94-44-98-51)104-72(121)55(23-26-65(89)114)101-76(125)59(35-48-16-7-6-8-17-48)105-77(126)60(36-49-39-92-42-96-49)106-73(122)57(25-28-67(117)118)100-71(120)56(24-27-66(115)116)99-70(119)53(19-9-11-29-86)103-81(130)69(47(5)113)110-80(129)68(46(3)4)109-74(123)54(20-10-12-30-87)102-79(128)63-21-14-32-111(63)83(132)64-22-15-33-112(64)82(131)52(88)18-13-31-95-85(90)91/h6-8,16-17,39-47,52-64,68-69,113H,9-15,18-38,86-88H2,1-5H3,(H2,89,114)(H,92,96)(H,93,97)(H,94,98)(H,99,119)(H,100,120)(H,101,125)(H,102,128)(H,103,130)(H,104,121)(H,105,126)(H,106,122)(H,107,124)(H,108,127)(H,109,123)(H,110,129)(H,115,116)(H,117,118)(H,133,134)(H4,90,91,95)/t47-,52+,53+,54+,55+,56+,57+,58+,59+,60+,61+,62+,63+,64+,68+,69+/m1/s1. The molecule has 6 rings (SSSR count). The average Bonchev–Trinajstić information content (AvgIpc) is 1.65. The molecule has 2 fully saturated rings. The molecule has 4 aromatic rings. The van der Waals surface area contributed by atoms with E-state index in [-0.39, 0.29) is 114 Å². The van der Waals surface area contributed by atoms with Gasteiger partial charge < -0.3 is 143 Å². The van der Waals surface area contributed by atoms with Crippen molar-refractivity contribution in [1.82, 2.24) is 109 Å². The Bertz CT molecular complexity index is 4580. The minimum absolute atomic E-state index is 0.00422. The van der Waals surface area contributed by atoms with Gasteiger partial charge in [0, 0.05) is 83.2 Å². The number of aromatic nitrogens is 6. The minimum atomic E-state index is -1.95. The lowest BCUT2D eigenvalue weighted by molar-refractivity contribution is -0.147. The van der Waals surface area contributed by atoms with E-state index >= 15 is 4.79 Å². The molecule has 16 atom stereocenters. The molecule has 738 valence electrons. The van der Waals surface area contributed by atoms with E-state index in [1.165, 1.54) is 47.4 Å².